The lowest BCUT2D eigenvalue weighted by molar-refractivity contribution is -0.142. The van der Waals surface area contributed by atoms with Gasteiger partial charge in [-0.2, -0.15) is 0 Å². The normalized spacial score (nSPS) is 18.7. The molecule has 0 bridgehead atoms. The van der Waals surface area contributed by atoms with E-state index in [0.717, 1.165) is 24.9 Å². The van der Waals surface area contributed by atoms with E-state index in [1.807, 2.05) is 0 Å². The Kier molecular flexibility index (Phi) is 5.80. The Morgan fingerprint density at radius 3 is 2.64 bits per heavy atom. The smallest absolute Gasteiger partial charge is 0.249 e. The molecule has 0 aliphatic carbocycles. The first-order valence-corrected chi connectivity index (χ1v) is 7.90. The summed E-state index contributed by atoms with van der Waals surface area (Å²) in [6.07, 6.45) is 2.81. The summed E-state index contributed by atoms with van der Waals surface area (Å²) in [5.41, 5.74) is 0.784. The summed E-state index contributed by atoms with van der Waals surface area (Å²) in [6.45, 7) is 1.99. The van der Waals surface area contributed by atoms with Crippen LogP contribution in [-0.2, 0) is 9.59 Å². The number of aliphatic hydroxyl groups is 1. The second-order valence-corrected chi connectivity index (χ2v) is 5.89. The van der Waals surface area contributed by atoms with Crippen molar-refractivity contribution in [2.75, 3.05) is 24.6 Å². The van der Waals surface area contributed by atoms with Crippen molar-refractivity contribution in [1.82, 2.24) is 4.90 Å². The van der Waals surface area contributed by atoms with Gasteiger partial charge in [-0.15, -0.1) is 0 Å². The van der Waals surface area contributed by atoms with Gasteiger partial charge in [0, 0.05) is 17.3 Å². The lowest BCUT2D eigenvalue weighted by Gasteiger charge is -2.41. The molecule has 0 aromatic heterocycles. The Labute approximate surface area is 135 Å². The number of carbonyl (C=O) groups is 2. The van der Waals surface area contributed by atoms with E-state index in [2.05, 4.69) is 6.92 Å². The SMILES string of the molecule is CCCC[C@@H]1CN(c2ccc(Cl)cc2)C(=O)CN1C(=O)CO. The molecule has 1 fully saturated rings. The number of rotatable bonds is 5. The van der Waals surface area contributed by atoms with Crippen LogP contribution in [0.15, 0.2) is 24.3 Å². The second-order valence-electron chi connectivity index (χ2n) is 5.46. The molecule has 0 saturated carbocycles. The number of amides is 2. The quantitative estimate of drug-likeness (QED) is 0.902. The van der Waals surface area contributed by atoms with Crippen LogP contribution in [-0.4, -0.2) is 47.6 Å². The van der Waals surface area contributed by atoms with E-state index in [1.165, 1.54) is 4.90 Å². The minimum absolute atomic E-state index is 0.0103. The molecule has 0 radical (unpaired) electrons. The molecule has 1 saturated heterocycles. The molecule has 0 spiro atoms. The fourth-order valence-electron chi connectivity index (χ4n) is 2.71. The third-order valence-electron chi connectivity index (χ3n) is 3.93. The molecule has 1 aliphatic heterocycles. The van der Waals surface area contributed by atoms with Crippen LogP contribution < -0.4 is 4.90 Å². The van der Waals surface area contributed by atoms with Crippen molar-refractivity contribution in [3.63, 3.8) is 0 Å². The summed E-state index contributed by atoms with van der Waals surface area (Å²) in [6, 6.07) is 7.04. The zero-order valence-electron chi connectivity index (χ0n) is 12.7. The van der Waals surface area contributed by atoms with Gasteiger partial charge in [-0.25, -0.2) is 0 Å². The van der Waals surface area contributed by atoms with Crippen LogP contribution in [0.3, 0.4) is 0 Å². The van der Waals surface area contributed by atoms with E-state index in [4.69, 9.17) is 16.7 Å². The van der Waals surface area contributed by atoms with Crippen molar-refractivity contribution in [3.8, 4) is 0 Å². The molecule has 1 aliphatic rings. The summed E-state index contributed by atoms with van der Waals surface area (Å²) < 4.78 is 0. The van der Waals surface area contributed by atoms with Gasteiger partial charge in [-0.3, -0.25) is 9.59 Å². The molecule has 1 N–H and O–H groups in total. The molecule has 22 heavy (non-hydrogen) atoms. The maximum Gasteiger partial charge on any atom is 0.249 e. The van der Waals surface area contributed by atoms with Crippen molar-refractivity contribution in [3.05, 3.63) is 29.3 Å². The van der Waals surface area contributed by atoms with Crippen LogP contribution in [0.25, 0.3) is 0 Å². The van der Waals surface area contributed by atoms with E-state index in [0.29, 0.717) is 11.6 Å². The van der Waals surface area contributed by atoms with Gasteiger partial charge in [-0.1, -0.05) is 31.4 Å². The third kappa shape index (κ3) is 3.78. The molecule has 1 aromatic rings. The van der Waals surface area contributed by atoms with E-state index in [-0.39, 0.29) is 24.4 Å². The molecule has 6 heteroatoms. The molecular weight excluding hydrogens is 304 g/mol. The highest BCUT2D eigenvalue weighted by molar-refractivity contribution is 6.30. The number of nitrogens with zero attached hydrogens (tertiary/aromatic N) is 2. The van der Waals surface area contributed by atoms with Gasteiger partial charge >= 0.3 is 0 Å². The molecular formula is C16H21ClN2O3. The Morgan fingerprint density at radius 2 is 2.05 bits per heavy atom. The van der Waals surface area contributed by atoms with Crippen molar-refractivity contribution in [2.24, 2.45) is 0 Å². The Bertz CT molecular complexity index is 533. The lowest BCUT2D eigenvalue weighted by Crippen LogP contribution is -2.58. The van der Waals surface area contributed by atoms with E-state index < -0.39 is 6.61 Å². The van der Waals surface area contributed by atoms with Gasteiger partial charge < -0.3 is 14.9 Å². The molecule has 1 heterocycles. The largest absolute Gasteiger partial charge is 0.387 e. The molecule has 1 atom stereocenters. The van der Waals surface area contributed by atoms with E-state index in [9.17, 15) is 9.59 Å². The van der Waals surface area contributed by atoms with Gasteiger partial charge in [-0.05, 0) is 30.7 Å². The predicted molar refractivity (Wildman–Crippen MR) is 85.9 cm³/mol. The van der Waals surface area contributed by atoms with Gasteiger partial charge in [0.2, 0.25) is 11.8 Å². The molecule has 0 unspecified atom stereocenters. The Morgan fingerprint density at radius 1 is 1.36 bits per heavy atom. The fourth-order valence-corrected chi connectivity index (χ4v) is 2.84. The summed E-state index contributed by atoms with van der Waals surface area (Å²) >= 11 is 5.88. The number of benzene rings is 1. The van der Waals surface area contributed by atoms with Crippen LogP contribution in [0.2, 0.25) is 5.02 Å². The maximum absolute atomic E-state index is 12.3. The average molecular weight is 325 g/mol. The number of anilines is 1. The minimum atomic E-state index is -0.559. The van der Waals surface area contributed by atoms with Crippen LogP contribution >= 0.6 is 11.6 Å². The lowest BCUT2D eigenvalue weighted by atomic mass is 10.0. The first-order valence-electron chi connectivity index (χ1n) is 7.53. The van der Waals surface area contributed by atoms with Gasteiger partial charge in [0.15, 0.2) is 0 Å². The Hall–Kier alpha value is -1.59. The zero-order chi connectivity index (χ0) is 16.1. The first-order chi connectivity index (χ1) is 10.6. The van der Waals surface area contributed by atoms with Crippen molar-refractivity contribution in [2.45, 2.75) is 32.2 Å². The highest BCUT2D eigenvalue weighted by Crippen LogP contribution is 2.24. The summed E-state index contributed by atoms with van der Waals surface area (Å²) in [5, 5.41) is 9.72. The van der Waals surface area contributed by atoms with Crippen LogP contribution in [0, 0.1) is 0 Å². The van der Waals surface area contributed by atoms with Crippen molar-refractivity contribution >= 4 is 29.1 Å². The number of aliphatic hydroxyl groups excluding tert-OH is 1. The predicted octanol–water partition coefficient (Wildman–Crippen LogP) is 2.07. The summed E-state index contributed by atoms with van der Waals surface area (Å²) in [4.78, 5) is 27.4. The van der Waals surface area contributed by atoms with Crippen molar-refractivity contribution in [1.29, 1.82) is 0 Å². The van der Waals surface area contributed by atoms with Gasteiger partial charge in [0.1, 0.15) is 13.2 Å². The summed E-state index contributed by atoms with van der Waals surface area (Å²) in [5.74, 6) is -0.526. The molecule has 2 amide bonds. The van der Waals surface area contributed by atoms with E-state index in [1.54, 1.807) is 29.2 Å². The molecule has 2 rings (SSSR count). The summed E-state index contributed by atoms with van der Waals surface area (Å²) in [7, 11) is 0. The molecule has 1 aromatic carbocycles. The highest BCUT2D eigenvalue weighted by atomic mass is 35.5. The number of hydrogen-bond acceptors (Lipinski definition) is 3. The van der Waals surface area contributed by atoms with Crippen LogP contribution in [0.5, 0.6) is 0 Å². The van der Waals surface area contributed by atoms with Gasteiger partial charge in [0.05, 0.1) is 6.04 Å². The van der Waals surface area contributed by atoms with E-state index >= 15 is 0 Å². The average Bonchev–Trinajstić information content (AvgIpc) is 2.53. The molecule has 120 valence electrons. The second kappa shape index (κ2) is 7.61. The first kappa shape index (κ1) is 16.8. The number of halogens is 1. The number of carbonyl (C=O) groups excluding carboxylic acids is 2. The zero-order valence-corrected chi connectivity index (χ0v) is 13.4. The van der Waals surface area contributed by atoms with Crippen LogP contribution in [0.4, 0.5) is 5.69 Å². The maximum atomic E-state index is 12.3. The molecule has 5 nitrogen and oxygen atoms in total. The number of hydrogen-bond donors (Lipinski definition) is 1. The van der Waals surface area contributed by atoms with Crippen molar-refractivity contribution < 1.29 is 14.7 Å². The topological polar surface area (TPSA) is 60.9 Å². The highest BCUT2D eigenvalue weighted by Gasteiger charge is 2.34. The fraction of sp³-hybridized carbons (Fsp3) is 0.500. The number of piperazine rings is 1. The third-order valence-corrected chi connectivity index (χ3v) is 4.18. The van der Waals surface area contributed by atoms with Gasteiger partial charge in [0.25, 0.3) is 0 Å². The number of unbranched alkanes of at least 4 members (excludes halogenated alkanes) is 1. The van der Waals surface area contributed by atoms with Crippen LogP contribution in [0.1, 0.15) is 26.2 Å². The minimum Gasteiger partial charge on any atom is -0.387 e. The monoisotopic (exact) mass is 324 g/mol. The standard InChI is InChI=1S/C16H21ClN2O3/c1-2-3-4-14-9-18(13-7-5-12(17)6-8-13)15(21)10-19(14)16(22)11-20/h5-8,14,20H,2-4,9-11H2,1H3/t14-/m1/s1. The Balaban J connectivity index is 2.19.